The van der Waals surface area contributed by atoms with Crippen molar-refractivity contribution in [3.63, 3.8) is 0 Å². The fourth-order valence-electron chi connectivity index (χ4n) is 16.6. The second-order valence-electron chi connectivity index (χ2n) is 26.1. The number of fused-ring (bicyclic) bond motifs is 19. The Morgan fingerprint density at radius 1 is 0.204 bits per heavy atom. The lowest BCUT2D eigenvalue weighted by Crippen LogP contribution is -2.61. The van der Waals surface area contributed by atoms with Crippen LogP contribution in [0.2, 0.25) is 0 Å². The molecule has 0 unspecified atom stereocenters. The molecule has 0 saturated carbocycles. The molecule has 0 radical (unpaired) electrons. The molecule has 2 aliphatic rings. The molecule has 0 atom stereocenters. The summed E-state index contributed by atoms with van der Waals surface area (Å²) < 4.78 is 32.7. The molecule has 0 amide bonds. The average Bonchev–Trinajstić information content (AvgIpc) is 0.990. The standard InChI is InChI=1S/C90H51BN2O5/c1-6-24-76-64(15-1)69-47-54(39-46-81(69)94-76)57-50-74-90-75(51-57)93(59-42-35-53(36-43-59)61-21-12-30-83-87(61)66-17-3-8-26-78(66)96-83)73-45-38-56(63-23-14-32-85-89(63)68-19-5-10-28-80(68)98-85)49-71(73)91(90)70-48-55(62-22-13-31-84-88(62)67-18-4-9-27-79(67)97-84)37-44-72(70)92(74)58-40-33-52(34-41-58)60-20-11-29-82-86(60)65-16-2-7-25-77(65)95-82/h1-51H. The molecule has 8 heteroatoms. The summed E-state index contributed by atoms with van der Waals surface area (Å²) in [7, 11) is 0. The van der Waals surface area contributed by atoms with E-state index in [-0.39, 0.29) is 6.71 Å². The third-order valence-electron chi connectivity index (χ3n) is 20.9. The molecule has 0 N–H and O–H groups in total. The van der Waals surface area contributed by atoms with Crippen LogP contribution in [0.5, 0.6) is 0 Å². The van der Waals surface area contributed by atoms with Crippen LogP contribution in [-0.4, -0.2) is 6.71 Å². The van der Waals surface area contributed by atoms with Crippen molar-refractivity contribution in [2.24, 2.45) is 0 Å². The first-order valence-electron chi connectivity index (χ1n) is 33.4. The van der Waals surface area contributed by atoms with Gasteiger partial charge in [-0.05, 0) is 187 Å². The van der Waals surface area contributed by atoms with E-state index in [1.54, 1.807) is 0 Å². The van der Waals surface area contributed by atoms with Crippen molar-refractivity contribution in [3.8, 4) is 55.6 Å². The van der Waals surface area contributed by atoms with Crippen LogP contribution in [0.1, 0.15) is 0 Å². The smallest absolute Gasteiger partial charge is 0.252 e. The number of hydrogen-bond donors (Lipinski definition) is 0. The third-order valence-corrected chi connectivity index (χ3v) is 20.9. The molecule has 2 aliphatic heterocycles. The molecule has 7 nitrogen and oxygen atoms in total. The maximum atomic E-state index is 6.62. The largest absolute Gasteiger partial charge is 0.456 e. The fraction of sp³-hybridized carbons (Fsp3) is 0. The summed E-state index contributed by atoms with van der Waals surface area (Å²) >= 11 is 0. The SMILES string of the molecule is c1ccc2c(c1)oc1ccc(-c3cc4c5c(c3)N(c3ccc(-c6cccc7oc8ccccc8c67)cc3)c3ccc(-c6cccc7oc8ccccc8c67)cc3B5c3cc(-c5cccc6oc7ccccc7c56)ccc3N4c3ccc(-c4cccc5oc6ccccc6c45)cc3)cc12. The van der Waals surface area contributed by atoms with Crippen molar-refractivity contribution in [1.29, 1.82) is 0 Å². The molecule has 5 aromatic heterocycles. The van der Waals surface area contributed by atoms with Gasteiger partial charge in [-0.2, -0.15) is 0 Å². The maximum absolute atomic E-state index is 6.62. The minimum Gasteiger partial charge on any atom is -0.456 e. The Bertz CT molecular complexity index is 6430. The van der Waals surface area contributed by atoms with Gasteiger partial charge in [-0.3, -0.25) is 0 Å². The zero-order valence-electron chi connectivity index (χ0n) is 52.5. The minimum atomic E-state index is -0.273. The third kappa shape index (κ3) is 7.70. The predicted octanol–water partition coefficient (Wildman–Crippen LogP) is 23.6. The predicted molar refractivity (Wildman–Crippen MR) is 404 cm³/mol. The number of nitrogens with zero attached hydrogens (tertiary/aromatic N) is 2. The summed E-state index contributed by atoms with van der Waals surface area (Å²) in [6.07, 6.45) is 0. The Morgan fingerprint density at radius 2 is 0.520 bits per heavy atom. The molecule has 0 bridgehead atoms. The van der Waals surface area contributed by atoms with Crippen molar-refractivity contribution < 1.29 is 22.1 Å². The molecule has 0 saturated heterocycles. The Labute approximate surface area is 560 Å². The van der Waals surface area contributed by atoms with Crippen LogP contribution in [0.4, 0.5) is 34.1 Å². The Morgan fingerprint density at radius 3 is 0.929 bits per heavy atom. The van der Waals surface area contributed by atoms with Crippen LogP contribution in [0.25, 0.3) is 165 Å². The van der Waals surface area contributed by atoms with Crippen LogP contribution in [0.3, 0.4) is 0 Å². The van der Waals surface area contributed by atoms with E-state index >= 15 is 0 Å². The van der Waals surface area contributed by atoms with Crippen LogP contribution >= 0.6 is 0 Å². The number of para-hydroxylation sites is 5. The highest BCUT2D eigenvalue weighted by Gasteiger charge is 2.44. The molecule has 15 aromatic carbocycles. The van der Waals surface area contributed by atoms with Gasteiger partial charge in [0.1, 0.15) is 55.8 Å². The van der Waals surface area contributed by atoms with Crippen molar-refractivity contribution in [2.75, 3.05) is 9.80 Å². The number of anilines is 6. The summed E-state index contributed by atoms with van der Waals surface area (Å²) in [6.45, 7) is -0.273. The zero-order valence-corrected chi connectivity index (χ0v) is 52.5. The molecular formula is C90H51BN2O5. The highest BCUT2D eigenvalue weighted by Crippen LogP contribution is 2.50. The molecule has 7 heterocycles. The molecule has 22 rings (SSSR count). The lowest BCUT2D eigenvalue weighted by molar-refractivity contribution is 0.668. The zero-order chi connectivity index (χ0) is 63.8. The molecule has 0 spiro atoms. The number of benzene rings is 15. The van der Waals surface area contributed by atoms with E-state index in [0.29, 0.717) is 0 Å². The number of hydrogen-bond acceptors (Lipinski definition) is 7. The van der Waals surface area contributed by atoms with E-state index in [1.165, 1.54) is 16.4 Å². The van der Waals surface area contributed by atoms with Gasteiger partial charge in [0, 0.05) is 88.0 Å². The molecule has 454 valence electrons. The van der Waals surface area contributed by atoms with E-state index in [1.807, 2.05) is 30.3 Å². The average molecular weight is 1250 g/mol. The molecule has 0 aliphatic carbocycles. The first-order chi connectivity index (χ1) is 48.6. The van der Waals surface area contributed by atoms with Crippen molar-refractivity contribution >= 4 is 167 Å². The topological polar surface area (TPSA) is 72.2 Å². The van der Waals surface area contributed by atoms with Crippen molar-refractivity contribution in [2.45, 2.75) is 0 Å². The van der Waals surface area contributed by atoms with E-state index in [0.717, 1.165) is 199 Å². The summed E-state index contributed by atoms with van der Waals surface area (Å²) in [5.74, 6) is 0. The van der Waals surface area contributed by atoms with Gasteiger partial charge in [-0.25, -0.2) is 0 Å². The van der Waals surface area contributed by atoms with Gasteiger partial charge >= 0.3 is 0 Å². The lowest BCUT2D eigenvalue weighted by atomic mass is 9.33. The van der Waals surface area contributed by atoms with Gasteiger partial charge in [-0.15, -0.1) is 0 Å². The van der Waals surface area contributed by atoms with E-state index in [9.17, 15) is 0 Å². The first kappa shape index (κ1) is 53.3. The highest BCUT2D eigenvalue weighted by atomic mass is 16.3. The number of furan rings is 5. The Kier molecular flexibility index (Phi) is 11.0. The Balaban J connectivity index is 0.828. The van der Waals surface area contributed by atoms with Gasteiger partial charge in [0.25, 0.3) is 6.71 Å². The van der Waals surface area contributed by atoms with Crippen LogP contribution in [0, 0.1) is 0 Å². The molecule has 20 aromatic rings. The summed E-state index contributed by atoms with van der Waals surface area (Å²) in [4.78, 5) is 5.05. The monoisotopic (exact) mass is 1250 g/mol. The van der Waals surface area contributed by atoms with Gasteiger partial charge in [-0.1, -0.05) is 194 Å². The number of rotatable bonds is 7. The van der Waals surface area contributed by atoms with Crippen LogP contribution in [-0.2, 0) is 0 Å². The summed E-state index contributed by atoms with van der Waals surface area (Å²) in [5, 5.41) is 10.9. The van der Waals surface area contributed by atoms with Gasteiger partial charge < -0.3 is 31.9 Å². The minimum absolute atomic E-state index is 0.273. The Hall–Kier alpha value is -13.0. The van der Waals surface area contributed by atoms with Gasteiger partial charge in [0.15, 0.2) is 0 Å². The molecule has 0 fully saturated rings. The second-order valence-corrected chi connectivity index (χ2v) is 26.1. The van der Waals surface area contributed by atoms with E-state index in [2.05, 4.69) is 289 Å². The van der Waals surface area contributed by atoms with Crippen LogP contribution < -0.4 is 26.2 Å². The molecular weight excluding hydrogens is 1200 g/mol. The van der Waals surface area contributed by atoms with Crippen LogP contribution in [0.15, 0.2) is 331 Å². The van der Waals surface area contributed by atoms with Crippen molar-refractivity contribution in [3.05, 3.63) is 309 Å². The normalized spacial score (nSPS) is 12.8. The second kappa shape index (κ2) is 20.2. The lowest BCUT2D eigenvalue weighted by Gasteiger charge is -2.44. The molecule has 98 heavy (non-hydrogen) atoms. The summed E-state index contributed by atoms with van der Waals surface area (Å²) in [5.41, 5.74) is 29.6. The maximum Gasteiger partial charge on any atom is 0.252 e. The van der Waals surface area contributed by atoms with E-state index < -0.39 is 0 Å². The van der Waals surface area contributed by atoms with Gasteiger partial charge in [0.05, 0.1) is 0 Å². The summed E-state index contributed by atoms with van der Waals surface area (Å²) in [6, 6.07) is 112. The highest BCUT2D eigenvalue weighted by molar-refractivity contribution is 7.00. The van der Waals surface area contributed by atoms with E-state index in [4.69, 9.17) is 22.1 Å². The van der Waals surface area contributed by atoms with Crippen molar-refractivity contribution in [1.82, 2.24) is 0 Å². The fourth-order valence-corrected chi connectivity index (χ4v) is 16.6. The quantitative estimate of drug-likeness (QED) is 0.147. The van der Waals surface area contributed by atoms with Gasteiger partial charge in [0.2, 0.25) is 0 Å². The first-order valence-corrected chi connectivity index (χ1v) is 33.4.